The molecule has 0 aromatic rings. The summed E-state index contributed by atoms with van der Waals surface area (Å²) in [6, 6.07) is 0.0564. The molecular formula is C8H16N2O. The molecule has 0 aliphatic rings. The quantitative estimate of drug-likeness (QED) is 0.591. The van der Waals surface area contributed by atoms with Gasteiger partial charge in [0.25, 0.3) is 0 Å². The zero-order valence-corrected chi connectivity index (χ0v) is 7.18. The number of rotatable bonds is 4. The van der Waals surface area contributed by atoms with Gasteiger partial charge in [-0.05, 0) is 20.3 Å². The molecule has 2 amide bonds. The fourth-order valence-electron chi connectivity index (χ4n) is 0.744. The highest BCUT2D eigenvalue weighted by molar-refractivity contribution is 5.74. The fourth-order valence-corrected chi connectivity index (χ4v) is 0.744. The van der Waals surface area contributed by atoms with Crippen molar-refractivity contribution >= 4 is 6.03 Å². The van der Waals surface area contributed by atoms with Crippen molar-refractivity contribution in [3.8, 4) is 0 Å². The van der Waals surface area contributed by atoms with Crippen LogP contribution < -0.4 is 10.6 Å². The first-order valence-electron chi connectivity index (χ1n) is 3.86. The predicted octanol–water partition coefficient (Wildman–Crippen LogP) is 1.27. The van der Waals surface area contributed by atoms with Gasteiger partial charge in [-0.25, -0.2) is 4.79 Å². The minimum absolute atomic E-state index is 0.109. The van der Waals surface area contributed by atoms with Crippen molar-refractivity contribution in [2.24, 2.45) is 0 Å². The third-order valence-corrected chi connectivity index (χ3v) is 1.24. The summed E-state index contributed by atoms with van der Waals surface area (Å²) in [4.78, 5) is 10.9. The van der Waals surface area contributed by atoms with Crippen LogP contribution in [-0.4, -0.2) is 18.6 Å². The Balaban J connectivity index is 3.48. The first-order valence-corrected chi connectivity index (χ1v) is 3.86. The summed E-state index contributed by atoms with van der Waals surface area (Å²) < 4.78 is 0. The van der Waals surface area contributed by atoms with Gasteiger partial charge in [-0.2, -0.15) is 0 Å². The monoisotopic (exact) mass is 156 g/mol. The van der Waals surface area contributed by atoms with Gasteiger partial charge >= 0.3 is 6.03 Å². The molecule has 0 radical (unpaired) electrons. The van der Waals surface area contributed by atoms with Crippen molar-refractivity contribution in [3.05, 3.63) is 12.7 Å². The van der Waals surface area contributed by atoms with E-state index < -0.39 is 0 Å². The number of nitrogens with one attached hydrogen (secondary N) is 2. The molecule has 64 valence electrons. The molecule has 0 aliphatic carbocycles. The van der Waals surface area contributed by atoms with E-state index in [0.29, 0.717) is 6.54 Å². The molecule has 3 heteroatoms. The van der Waals surface area contributed by atoms with E-state index in [1.807, 2.05) is 13.8 Å². The lowest BCUT2D eigenvalue weighted by atomic mass is 10.2. The minimum atomic E-state index is -0.109. The molecule has 0 aromatic carbocycles. The first-order chi connectivity index (χ1) is 5.20. The largest absolute Gasteiger partial charge is 0.338 e. The second kappa shape index (κ2) is 5.77. The van der Waals surface area contributed by atoms with Crippen molar-refractivity contribution in [1.29, 1.82) is 0 Å². The van der Waals surface area contributed by atoms with Crippen LogP contribution >= 0.6 is 0 Å². The second-order valence-corrected chi connectivity index (χ2v) is 2.43. The molecule has 0 fully saturated rings. The number of carbonyl (C=O) groups excluding carboxylic acids is 1. The number of hydrogen-bond donors (Lipinski definition) is 2. The molecule has 1 unspecified atom stereocenters. The van der Waals surface area contributed by atoms with Crippen molar-refractivity contribution in [3.63, 3.8) is 0 Å². The third kappa shape index (κ3) is 5.45. The Kier molecular flexibility index (Phi) is 5.25. The van der Waals surface area contributed by atoms with Gasteiger partial charge in [-0.1, -0.05) is 6.08 Å². The molecule has 0 aromatic heterocycles. The van der Waals surface area contributed by atoms with Crippen molar-refractivity contribution < 1.29 is 4.79 Å². The van der Waals surface area contributed by atoms with Crippen LogP contribution in [0.3, 0.4) is 0 Å². The molecule has 0 bridgehead atoms. The van der Waals surface area contributed by atoms with Gasteiger partial charge in [-0.3, -0.25) is 0 Å². The topological polar surface area (TPSA) is 41.1 Å². The molecule has 11 heavy (non-hydrogen) atoms. The molecule has 2 N–H and O–H groups in total. The Morgan fingerprint density at radius 2 is 2.36 bits per heavy atom. The highest BCUT2D eigenvalue weighted by atomic mass is 16.2. The number of amides is 2. The molecule has 0 saturated carbocycles. The maximum Gasteiger partial charge on any atom is 0.314 e. The second-order valence-electron chi connectivity index (χ2n) is 2.43. The van der Waals surface area contributed by atoms with Crippen LogP contribution in [0.5, 0.6) is 0 Å². The summed E-state index contributed by atoms with van der Waals surface area (Å²) in [5, 5.41) is 5.41. The van der Waals surface area contributed by atoms with Gasteiger partial charge in [0, 0.05) is 12.6 Å². The summed E-state index contributed by atoms with van der Waals surface area (Å²) in [5.74, 6) is 0. The molecule has 1 atom stereocenters. The summed E-state index contributed by atoms with van der Waals surface area (Å²) in [5.41, 5.74) is 0. The highest BCUT2D eigenvalue weighted by Crippen LogP contribution is 1.89. The van der Waals surface area contributed by atoms with E-state index in [1.54, 1.807) is 6.08 Å². The molecule has 0 saturated heterocycles. The molecule has 0 aliphatic heterocycles. The highest BCUT2D eigenvalue weighted by Gasteiger charge is 2.02. The zero-order valence-electron chi connectivity index (χ0n) is 7.18. The van der Waals surface area contributed by atoms with Crippen LogP contribution in [0.25, 0.3) is 0 Å². The Labute approximate surface area is 67.9 Å². The van der Waals surface area contributed by atoms with E-state index in [0.717, 1.165) is 6.42 Å². The molecule has 0 spiro atoms. The lowest BCUT2D eigenvalue weighted by Gasteiger charge is -2.11. The average molecular weight is 156 g/mol. The van der Waals surface area contributed by atoms with Crippen molar-refractivity contribution in [1.82, 2.24) is 10.6 Å². The van der Waals surface area contributed by atoms with Gasteiger partial charge in [0.15, 0.2) is 0 Å². The average Bonchev–Trinajstić information content (AvgIpc) is 1.87. The van der Waals surface area contributed by atoms with Crippen LogP contribution in [0.15, 0.2) is 12.7 Å². The lowest BCUT2D eigenvalue weighted by molar-refractivity contribution is 0.238. The Morgan fingerprint density at radius 1 is 1.73 bits per heavy atom. The van der Waals surface area contributed by atoms with Crippen LogP contribution in [-0.2, 0) is 0 Å². The Bertz CT molecular complexity index is 134. The molecule has 3 nitrogen and oxygen atoms in total. The van der Waals surface area contributed by atoms with Crippen LogP contribution in [0.2, 0.25) is 0 Å². The van der Waals surface area contributed by atoms with E-state index >= 15 is 0 Å². The third-order valence-electron chi connectivity index (χ3n) is 1.24. The van der Waals surface area contributed by atoms with Gasteiger partial charge in [-0.15, -0.1) is 6.58 Å². The normalized spacial score (nSPS) is 11.8. The molecule has 0 rings (SSSR count). The smallest absolute Gasteiger partial charge is 0.314 e. The lowest BCUT2D eigenvalue weighted by Crippen LogP contribution is -2.40. The van der Waals surface area contributed by atoms with E-state index in [4.69, 9.17) is 0 Å². The van der Waals surface area contributed by atoms with Crippen LogP contribution in [0.1, 0.15) is 20.3 Å². The summed E-state index contributed by atoms with van der Waals surface area (Å²) >= 11 is 0. The van der Waals surface area contributed by atoms with Crippen molar-refractivity contribution in [2.45, 2.75) is 26.3 Å². The maximum absolute atomic E-state index is 10.9. The summed E-state index contributed by atoms with van der Waals surface area (Å²) in [6.45, 7) is 8.07. The van der Waals surface area contributed by atoms with Crippen LogP contribution in [0, 0.1) is 0 Å². The number of hydrogen-bond acceptors (Lipinski definition) is 1. The van der Waals surface area contributed by atoms with E-state index in [9.17, 15) is 4.79 Å². The Hall–Kier alpha value is -0.990. The van der Waals surface area contributed by atoms with Gasteiger partial charge in [0.1, 0.15) is 0 Å². The van der Waals surface area contributed by atoms with Gasteiger partial charge < -0.3 is 10.6 Å². The zero-order chi connectivity index (χ0) is 8.69. The fraction of sp³-hybridized carbons (Fsp3) is 0.625. The van der Waals surface area contributed by atoms with Crippen molar-refractivity contribution in [2.75, 3.05) is 6.54 Å². The van der Waals surface area contributed by atoms with E-state index in [-0.39, 0.29) is 12.1 Å². The Morgan fingerprint density at radius 3 is 2.82 bits per heavy atom. The summed E-state index contributed by atoms with van der Waals surface area (Å²) in [6.07, 6.45) is 2.59. The summed E-state index contributed by atoms with van der Waals surface area (Å²) in [7, 11) is 0. The number of carbonyl (C=O) groups is 1. The van der Waals surface area contributed by atoms with E-state index in [1.165, 1.54) is 0 Å². The van der Waals surface area contributed by atoms with E-state index in [2.05, 4.69) is 17.2 Å². The predicted molar refractivity (Wildman–Crippen MR) is 46.5 cm³/mol. The maximum atomic E-state index is 10.9. The SMILES string of the molecule is C=CCC(C)NC(=O)NCC. The van der Waals surface area contributed by atoms with Gasteiger partial charge in [0.2, 0.25) is 0 Å². The molecular weight excluding hydrogens is 140 g/mol. The standard InChI is InChI=1S/C8H16N2O/c1-4-6-7(3)10-8(11)9-5-2/h4,7H,1,5-6H2,2-3H3,(H2,9,10,11). The van der Waals surface area contributed by atoms with Gasteiger partial charge in [0.05, 0.1) is 0 Å². The van der Waals surface area contributed by atoms with Crippen LogP contribution in [0.4, 0.5) is 4.79 Å². The minimum Gasteiger partial charge on any atom is -0.338 e. The first kappa shape index (κ1) is 10.0. The number of urea groups is 1. The molecule has 0 heterocycles.